The predicted octanol–water partition coefficient (Wildman–Crippen LogP) is 2.29. The number of carbonyl (C=O) groups excluding carboxylic acids is 1. The zero-order valence-electron chi connectivity index (χ0n) is 13.3. The molecule has 6 nitrogen and oxygen atoms in total. The molecule has 1 amide bonds. The van der Waals surface area contributed by atoms with E-state index in [0.717, 1.165) is 5.56 Å². The third-order valence-corrected chi connectivity index (χ3v) is 3.75. The number of rotatable bonds is 5. The molecule has 0 aliphatic heterocycles. The van der Waals surface area contributed by atoms with Crippen molar-refractivity contribution in [1.29, 1.82) is 0 Å². The quantitative estimate of drug-likeness (QED) is 0.883. The smallest absolute Gasteiger partial charge is 0.308 e. The zero-order valence-corrected chi connectivity index (χ0v) is 13.3. The lowest BCUT2D eigenvalue weighted by atomic mass is 10.0. The Bertz CT molecular complexity index is 716. The number of aliphatic carboxylic acids is 1. The zero-order chi connectivity index (χ0) is 17.0. The molecule has 6 heteroatoms. The van der Waals surface area contributed by atoms with Crippen molar-refractivity contribution in [3.63, 3.8) is 0 Å². The van der Waals surface area contributed by atoms with E-state index < -0.39 is 17.9 Å². The molecule has 1 aromatic heterocycles. The highest BCUT2D eigenvalue weighted by atomic mass is 16.4. The highest BCUT2D eigenvalue weighted by Crippen LogP contribution is 2.16. The van der Waals surface area contributed by atoms with Gasteiger partial charge in [0.15, 0.2) is 5.82 Å². The van der Waals surface area contributed by atoms with Gasteiger partial charge in [0.25, 0.3) is 5.91 Å². The first-order valence-corrected chi connectivity index (χ1v) is 7.33. The van der Waals surface area contributed by atoms with Crippen molar-refractivity contribution in [3.05, 3.63) is 47.8 Å². The minimum Gasteiger partial charge on any atom is -0.481 e. The third kappa shape index (κ3) is 3.91. The average molecular weight is 313 g/mol. The van der Waals surface area contributed by atoms with Gasteiger partial charge in [0.2, 0.25) is 0 Å². The third-order valence-electron chi connectivity index (χ3n) is 3.75. The van der Waals surface area contributed by atoms with Gasteiger partial charge in [-0.1, -0.05) is 30.3 Å². The molecule has 0 saturated heterocycles. The number of benzene rings is 1. The molecule has 2 unspecified atom stereocenters. The standard InChI is InChI=1S/C17H19N3O3/c1-10(17(22)23)11(2)20-16(21)14-9-18-15(19-12(14)3)13-7-5-4-6-8-13/h4-11H,1-3H3,(H,20,21)(H,22,23). The van der Waals surface area contributed by atoms with Crippen LogP contribution in [-0.4, -0.2) is 33.0 Å². The van der Waals surface area contributed by atoms with Crippen LogP contribution in [0.2, 0.25) is 0 Å². The highest BCUT2D eigenvalue weighted by molar-refractivity contribution is 5.95. The number of nitrogens with zero attached hydrogens (tertiary/aromatic N) is 2. The van der Waals surface area contributed by atoms with E-state index in [1.54, 1.807) is 20.8 Å². The molecule has 2 atom stereocenters. The minimum absolute atomic E-state index is 0.342. The molecule has 2 N–H and O–H groups in total. The predicted molar refractivity (Wildman–Crippen MR) is 85.9 cm³/mol. The Morgan fingerprint density at radius 2 is 1.83 bits per heavy atom. The van der Waals surface area contributed by atoms with Gasteiger partial charge in [-0.15, -0.1) is 0 Å². The van der Waals surface area contributed by atoms with Crippen LogP contribution < -0.4 is 5.32 Å². The summed E-state index contributed by atoms with van der Waals surface area (Å²) in [5, 5.41) is 11.7. The van der Waals surface area contributed by atoms with Crippen LogP contribution in [0.15, 0.2) is 36.5 Å². The van der Waals surface area contributed by atoms with E-state index in [0.29, 0.717) is 17.1 Å². The molecular weight excluding hydrogens is 294 g/mol. The van der Waals surface area contributed by atoms with Gasteiger partial charge in [-0.3, -0.25) is 9.59 Å². The second-order valence-electron chi connectivity index (χ2n) is 5.45. The van der Waals surface area contributed by atoms with E-state index in [4.69, 9.17) is 5.11 Å². The van der Waals surface area contributed by atoms with Crippen LogP contribution in [-0.2, 0) is 4.79 Å². The molecule has 0 saturated carbocycles. The molecule has 1 aromatic carbocycles. The molecule has 120 valence electrons. The summed E-state index contributed by atoms with van der Waals surface area (Å²) in [7, 11) is 0. The van der Waals surface area contributed by atoms with Crippen LogP contribution in [0, 0.1) is 12.8 Å². The minimum atomic E-state index is -0.954. The van der Waals surface area contributed by atoms with Gasteiger partial charge < -0.3 is 10.4 Å². The van der Waals surface area contributed by atoms with Crippen LogP contribution in [0.4, 0.5) is 0 Å². The SMILES string of the molecule is Cc1nc(-c2ccccc2)ncc1C(=O)NC(C)C(C)C(=O)O. The average Bonchev–Trinajstić information content (AvgIpc) is 2.54. The Morgan fingerprint density at radius 1 is 1.17 bits per heavy atom. The first kappa shape index (κ1) is 16.6. The Labute approximate surface area is 134 Å². The molecular formula is C17H19N3O3. The fraction of sp³-hybridized carbons (Fsp3) is 0.294. The van der Waals surface area contributed by atoms with Gasteiger partial charge >= 0.3 is 5.97 Å². The lowest BCUT2D eigenvalue weighted by Crippen LogP contribution is -2.40. The second kappa shape index (κ2) is 7.00. The number of hydrogen-bond acceptors (Lipinski definition) is 4. The maximum atomic E-state index is 12.3. The van der Waals surface area contributed by atoms with Gasteiger partial charge in [0.1, 0.15) is 0 Å². The Kier molecular flexibility index (Phi) is 5.05. The number of carboxylic acids is 1. The van der Waals surface area contributed by atoms with Crippen molar-refractivity contribution >= 4 is 11.9 Å². The largest absolute Gasteiger partial charge is 0.481 e. The van der Waals surface area contributed by atoms with Gasteiger partial charge in [0.05, 0.1) is 17.2 Å². The lowest BCUT2D eigenvalue weighted by molar-refractivity contribution is -0.141. The molecule has 0 aliphatic rings. The summed E-state index contributed by atoms with van der Waals surface area (Å²) in [6, 6.07) is 8.99. The highest BCUT2D eigenvalue weighted by Gasteiger charge is 2.22. The van der Waals surface area contributed by atoms with Gasteiger partial charge in [-0.05, 0) is 20.8 Å². The summed E-state index contributed by atoms with van der Waals surface area (Å²) < 4.78 is 0. The lowest BCUT2D eigenvalue weighted by Gasteiger charge is -2.18. The first-order valence-electron chi connectivity index (χ1n) is 7.33. The van der Waals surface area contributed by atoms with Crippen LogP contribution in [0.3, 0.4) is 0 Å². The molecule has 23 heavy (non-hydrogen) atoms. The summed E-state index contributed by atoms with van der Waals surface area (Å²) in [5.41, 5.74) is 1.76. The fourth-order valence-corrected chi connectivity index (χ4v) is 2.04. The van der Waals surface area contributed by atoms with Crippen molar-refractivity contribution in [2.75, 3.05) is 0 Å². The van der Waals surface area contributed by atoms with Crippen molar-refractivity contribution in [1.82, 2.24) is 15.3 Å². The van der Waals surface area contributed by atoms with Gasteiger partial charge in [-0.2, -0.15) is 0 Å². The number of carbonyl (C=O) groups is 2. The van der Waals surface area contributed by atoms with Crippen LogP contribution in [0.25, 0.3) is 11.4 Å². The number of carboxylic acid groups (broad SMARTS) is 1. The summed E-state index contributed by atoms with van der Waals surface area (Å²) in [5.74, 6) is -1.46. The topological polar surface area (TPSA) is 92.2 Å². The van der Waals surface area contributed by atoms with Gasteiger partial charge in [-0.25, -0.2) is 9.97 Å². The second-order valence-corrected chi connectivity index (χ2v) is 5.45. The molecule has 0 radical (unpaired) electrons. The van der Waals surface area contributed by atoms with Crippen LogP contribution in [0.5, 0.6) is 0 Å². The van der Waals surface area contributed by atoms with Gasteiger partial charge in [0, 0.05) is 17.8 Å². The molecule has 2 aromatic rings. The normalized spacial score (nSPS) is 13.2. The van der Waals surface area contributed by atoms with Crippen molar-refractivity contribution in [2.24, 2.45) is 5.92 Å². The molecule has 0 aliphatic carbocycles. The van der Waals surface area contributed by atoms with Crippen LogP contribution in [0.1, 0.15) is 29.9 Å². The molecule has 0 fully saturated rings. The summed E-state index contributed by atoms with van der Waals surface area (Å²) in [4.78, 5) is 31.8. The Morgan fingerprint density at radius 3 is 2.39 bits per heavy atom. The van der Waals surface area contributed by atoms with E-state index in [1.165, 1.54) is 6.20 Å². The number of amides is 1. The molecule has 2 rings (SSSR count). The van der Waals surface area contributed by atoms with Crippen molar-refractivity contribution < 1.29 is 14.7 Å². The Balaban J connectivity index is 2.18. The molecule has 0 bridgehead atoms. The maximum absolute atomic E-state index is 12.3. The Hall–Kier alpha value is -2.76. The summed E-state index contributed by atoms with van der Waals surface area (Å²) in [6.45, 7) is 4.94. The monoisotopic (exact) mass is 313 g/mol. The maximum Gasteiger partial charge on any atom is 0.308 e. The van der Waals surface area contributed by atoms with Crippen LogP contribution >= 0.6 is 0 Å². The fourth-order valence-electron chi connectivity index (χ4n) is 2.04. The van der Waals surface area contributed by atoms with E-state index >= 15 is 0 Å². The number of nitrogens with one attached hydrogen (secondary N) is 1. The molecule has 0 spiro atoms. The number of aryl methyl sites for hydroxylation is 1. The van der Waals surface area contributed by atoms with Crippen molar-refractivity contribution in [2.45, 2.75) is 26.8 Å². The van der Waals surface area contributed by atoms with E-state index in [2.05, 4.69) is 15.3 Å². The van der Waals surface area contributed by atoms with E-state index in [-0.39, 0.29) is 5.91 Å². The summed E-state index contributed by atoms with van der Waals surface area (Å²) >= 11 is 0. The van der Waals surface area contributed by atoms with E-state index in [1.807, 2.05) is 30.3 Å². The number of hydrogen-bond donors (Lipinski definition) is 2. The summed E-state index contributed by atoms with van der Waals surface area (Å²) in [6.07, 6.45) is 1.47. The molecule has 1 heterocycles. The van der Waals surface area contributed by atoms with E-state index in [9.17, 15) is 9.59 Å². The first-order chi connectivity index (χ1) is 10.9. The van der Waals surface area contributed by atoms with Crippen molar-refractivity contribution in [3.8, 4) is 11.4 Å². The number of aromatic nitrogens is 2.